The molecule has 0 aliphatic heterocycles. The van der Waals surface area contributed by atoms with Gasteiger partial charge in [-0.3, -0.25) is 4.98 Å². The molecule has 0 bridgehead atoms. The Kier molecular flexibility index (Phi) is 6.28. The quantitative estimate of drug-likeness (QED) is 0.563. The van der Waals surface area contributed by atoms with Crippen LogP contribution in [0.4, 0.5) is 0 Å². The maximum Gasteiger partial charge on any atom is 0.241 e. The van der Waals surface area contributed by atoms with Crippen LogP contribution in [0, 0.1) is 0 Å². The van der Waals surface area contributed by atoms with Crippen LogP contribution in [0.25, 0.3) is 10.9 Å². The van der Waals surface area contributed by atoms with Crippen LogP contribution in [0.5, 0.6) is 5.75 Å². The fraction of sp³-hybridized carbons (Fsp3) is 0.211. The summed E-state index contributed by atoms with van der Waals surface area (Å²) in [5, 5.41) is 4.13. The molecule has 0 fully saturated rings. The summed E-state index contributed by atoms with van der Waals surface area (Å²) in [5.41, 5.74) is 1.56. The predicted octanol–water partition coefficient (Wildman–Crippen LogP) is 2.96. The van der Waals surface area contributed by atoms with Crippen molar-refractivity contribution in [1.29, 1.82) is 0 Å². The fourth-order valence-electron chi connectivity index (χ4n) is 2.67. The normalized spacial score (nSPS) is 11.6. The second kappa shape index (κ2) is 8.67. The minimum absolute atomic E-state index is 0.171. The number of benzene rings is 2. The summed E-state index contributed by atoms with van der Waals surface area (Å²) < 4.78 is 33.0. The lowest BCUT2D eigenvalue weighted by atomic mass is 10.2. The first-order valence-electron chi connectivity index (χ1n) is 8.38. The first-order chi connectivity index (χ1) is 13.0. The molecule has 142 valence electrons. The van der Waals surface area contributed by atoms with Crippen LogP contribution in [0.2, 0.25) is 5.02 Å². The van der Waals surface area contributed by atoms with Gasteiger partial charge in [0.05, 0.1) is 22.5 Å². The summed E-state index contributed by atoms with van der Waals surface area (Å²) in [6.45, 7) is 1.40. The molecule has 8 heteroatoms. The van der Waals surface area contributed by atoms with Gasteiger partial charge in [-0.1, -0.05) is 23.7 Å². The summed E-state index contributed by atoms with van der Waals surface area (Å²) in [6, 6.07) is 14.1. The third-order valence-electron chi connectivity index (χ3n) is 4.05. The molecule has 0 aliphatic carbocycles. The zero-order valence-electron chi connectivity index (χ0n) is 14.8. The highest BCUT2D eigenvalue weighted by molar-refractivity contribution is 7.89. The number of hydrogen-bond donors (Lipinski definition) is 2. The van der Waals surface area contributed by atoms with Gasteiger partial charge in [0.1, 0.15) is 5.75 Å². The highest BCUT2D eigenvalue weighted by Gasteiger charge is 2.18. The maximum atomic E-state index is 12.6. The highest BCUT2D eigenvalue weighted by atomic mass is 35.5. The lowest BCUT2D eigenvalue weighted by molar-refractivity contribution is 0.414. The van der Waals surface area contributed by atoms with Crippen molar-refractivity contribution in [3.63, 3.8) is 0 Å². The van der Waals surface area contributed by atoms with E-state index in [-0.39, 0.29) is 11.4 Å². The Bertz CT molecular complexity index is 1020. The van der Waals surface area contributed by atoms with Crippen molar-refractivity contribution >= 4 is 32.5 Å². The minimum Gasteiger partial charge on any atom is -0.497 e. The summed E-state index contributed by atoms with van der Waals surface area (Å²) >= 11 is 6.11. The minimum atomic E-state index is -3.66. The Morgan fingerprint density at radius 1 is 1.07 bits per heavy atom. The molecule has 2 aromatic carbocycles. The van der Waals surface area contributed by atoms with E-state index >= 15 is 0 Å². The molecule has 3 rings (SSSR count). The third kappa shape index (κ3) is 4.75. The van der Waals surface area contributed by atoms with E-state index in [1.165, 1.54) is 6.07 Å². The number of hydrogen-bond acceptors (Lipinski definition) is 5. The van der Waals surface area contributed by atoms with Gasteiger partial charge in [-0.25, -0.2) is 13.1 Å². The molecule has 0 aliphatic rings. The van der Waals surface area contributed by atoms with Crippen molar-refractivity contribution in [2.24, 2.45) is 0 Å². The van der Waals surface area contributed by atoms with E-state index in [2.05, 4.69) is 15.0 Å². The molecule has 3 aromatic rings. The van der Waals surface area contributed by atoms with Gasteiger partial charge in [-0.05, 0) is 42.0 Å². The first kappa shape index (κ1) is 19.6. The van der Waals surface area contributed by atoms with Crippen molar-refractivity contribution in [2.75, 3.05) is 20.2 Å². The van der Waals surface area contributed by atoms with Crippen molar-refractivity contribution in [3.05, 3.63) is 65.3 Å². The van der Waals surface area contributed by atoms with Gasteiger partial charge >= 0.3 is 0 Å². The lowest BCUT2D eigenvalue weighted by Gasteiger charge is -2.11. The van der Waals surface area contributed by atoms with E-state index < -0.39 is 10.0 Å². The number of aromatic nitrogens is 1. The molecule has 0 saturated carbocycles. The van der Waals surface area contributed by atoms with Crippen molar-refractivity contribution in [2.45, 2.75) is 11.4 Å². The molecule has 0 spiro atoms. The third-order valence-corrected chi connectivity index (χ3v) is 5.88. The van der Waals surface area contributed by atoms with Gasteiger partial charge in [0.2, 0.25) is 10.0 Å². The lowest BCUT2D eigenvalue weighted by Crippen LogP contribution is -2.31. The average Bonchev–Trinajstić information content (AvgIpc) is 2.68. The van der Waals surface area contributed by atoms with E-state index in [4.69, 9.17) is 16.3 Å². The topological polar surface area (TPSA) is 80.3 Å². The molecule has 27 heavy (non-hydrogen) atoms. The Balaban J connectivity index is 1.58. The number of pyridine rings is 1. The molecule has 0 saturated heterocycles. The fourth-order valence-corrected chi connectivity index (χ4v) is 4.12. The number of halogens is 1. The number of methoxy groups -OCH3 is 1. The molecule has 0 unspecified atom stereocenters. The zero-order valence-corrected chi connectivity index (χ0v) is 16.3. The smallest absolute Gasteiger partial charge is 0.241 e. The number of sulfonamides is 1. The SMILES string of the molecule is COc1ccc(CNCCNS(=O)(=O)c2ccc(Cl)c3ncccc23)cc1. The Hall–Kier alpha value is -2.19. The largest absolute Gasteiger partial charge is 0.497 e. The highest BCUT2D eigenvalue weighted by Crippen LogP contribution is 2.27. The summed E-state index contributed by atoms with van der Waals surface area (Å²) in [6.07, 6.45) is 1.58. The van der Waals surface area contributed by atoms with E-state index in [1.54, 1.807) is 31.5 Å². The molecule has 0 atom stereocenters. The number of fused-ring (bicyclic) bond motifs is 1. The van der Waals surface area contributed by atoms with Gasteiger partial charge in [-0.2, -0.15) is 0 Å². The first-order valence-corrected chi connectivity index (χ1v) is 10.2. The van der Waals surface area contributed by atoms with E-state index in [0.29, 0.717) is 29.0 Å². The Morgan fingerprint density at radius 3 is 2.59 bits per heavy atom. The molecule has 0 amide bonds. The van der Waals surface area contributed by atoms with Crippen molar-refractivity contribution in [3.8, 4) is 5.75 Å². The van der Waals surface area contributed by atoms with Crippen molar-refractivity contribution < 1.29 is 13.2 Å². The second-order valence-electron chi connectivity index (χ2n) is 5.87. The predicted molar refractivity (Wildman–Crippen MR) is 107 cm³/mol. The summed E-state index contributed by atoms with van der Waals surface area (Å²) in [7, 11) is -2.04. The van der Waals surface area contributed by atoms with Gasteiger partial charge < -0.3 is 10.1 Å². The van der Waals surface area contributed by atoms with Gasteiger partial charge in [0.15, 0.2) is 0 Å². The molecule has 0 radical (unpaired) electrons. The van der Waals surface area contributed by atoms with Gasteiger partial charge in [-0.15, -0.1) is 0 Å². The molecular weight excluding hydrogens is 386 g/mol. The van der Waals surface area contributed by atoms with Crippen LogP contribution < -0.4 is 14.8 Å². The van der Waals surface area contributed by atoms with E-state index in [1.807, 2.05) is 24.3 Å². The molecule has 1 heterocycles. The second-order valence-corrected chi connectivity index (χ2v) is 8.01. The summed E-state index contributed by atoms with van der Waals surface area (Å²) in [4.78, 5) is 4.34. The van der Waals surface area contributed by atoms with Crippen LogP contribution in [0.1, 0.15) is 5.56 Å². The average molecular weight is 406 g/mol. The van der Waals surface area contributed by atoms with Gasteiger partial charge in [0, 0.05) is 31.2 Å². The number of rotatable bonds is 8. The number of nitrogens with zero attached hydrogens (tertiary/aromatic N) is 1. The van der Waals surface area contributed by atoms with Crippen molar-refractivity contribution in [1.82, 2.24) is 15.0 Å². The Labute approximate surface area is 163 Å². The number of nitrogens with one attached hydrogen (secondary N) is 2. The van der Waals surface area contributed by atoms with E-state index in [9.17, 15) is 8.42 Å². The number of ether oxygens (including phenoxy) is 1. The molecule has 1 aromatic heterocycles. The van der Waals surface area contributed by atoms with Crippen LogP contribution in [0.15, 0.2) is 59.6 Å². The monoisotopic (exact) mass is 405 g/mol. The van der Waals surface area contributed by atoms with E-state index in [0.717, 1.165) is 11.3 Å². The molecule has 6 nitrogen and oxygen atoms in total. The van der Waals surface area contributed by atoms with Crippen LogP contribution in [-0.4, -0.2) is 33.6 Å². The molecular formula is C19H20ClN3O3S. The van der Waals surface area contributed by atoms with Crippen LogP contribution in [0.3, 0.4) is 0 Å². The zero-order chi connectivity index (χ0) is 19.3. The maximum absolute atomic E-state index is 12.6. The summed E-state index contributed by atoms with van der Waals surface area (Å²) in [5.74, 6) is 0.802. The van der Waals surface area contributed by atoms with Crippen LogP contribution in [-0.2, 0) is 16.6 Å². The standard InChI is InChI=1S/C19H20ClN3O3S/c1-26-15-6-4-14(5-7-15)13-21-11-12-23-27(24,25)18-9-8-17(20)19-16(18)3-2-10-22-19/h2-10,21,23H,11-13H2,1H3. The van der Waals surface area contributed by atoms with Crippen LogP contribution >= 0.6 is 11.6 Å². The molecule has 2 N–H and O–H groups in total. The van der Waals surface area contributed by atoms with Gasteiger partial charge in [0.25, 0.3) is 0 Å². The Morgan fingerprint density at radius 2 is 1.85 bits per heavy atom.